The molecular weight excluding hydrogens is 356 g/mol. The van der Waals surface area contributed by atoms with Gasteiger partial charge in [-0.1, -0.05) is 20.3 Å². The first-order chi connectivity index (χ1) is 13.3. The first-order valence-corrected chi connectivity index (χ1v) is 11.1. The third-order valence-electron chi connectivity index (χ3n) is 7.12. The fourth-order valence-electron chi connectivity index (χ4n) is 6.12. The van der Waals surface area contributed by atoms with Gasteiger partial charge in [0, 0.05) is 18.4 Å². The summed E-state index contributed by atoms with van der Waals surface area (Å²) in [7, 11) is 0. The summed E-state index contributed by atoms with van der Waals surface area (Å²) in [6, 6.07) is -0.500. The first-order valence-electron chi connectivity index (χ1n) is 11.1. The van der Waals surface area contributed by atoms with Crippen LogP contribution in [0.15, 0.2) is 0 Å². The Labute approximate surface area is 168 Å². The van der Waals surface area contributed by atoms with Crippen molar-refractivity contribution in [3.63, 3.8) is 0 Å². The van der Waals surface area contributed by atoms with Crippen molar-refractivity contribution in [2.75, 3.05) is 6.54 Å². The Morgan fingerprint density at radius 2 is 1.54 bits per heavy atom. The van der Waals surface area contributed by atoms with Crippen LogP contribution < -0.4 is 10.6 Å². The summed E-state index contributed by atoms with van der Waals surface area (Å²) in [5.41, 5.74) is -0.237. The van der Waals surface area contributed by atoms with Crippen LogP contribution in [0.1, 0.15) is 78.1 Å². The van der Waals surface area contributed by atoms with E-state index in [-0.39, 0.29) is 29.6 Å². The number of amides is 2. The molecule has 3 N–H and O–H groups in total. The average Bonchev–Trinajstić information content (AvgIpc) is 2.60. The van der Waals surface area contributed by atoms with E-state index >= 15 is 0 Å². The molecular formula is C22H36N2O4. The number of carbonyl (C=O) groups is 3. The molecule has 0 aromatic carbocycles. The highest BCUT2D eigenvalue weighted by Crippen LogP contribution is 2.60. The zero-order valence-electron chi connectivity index (χ0n) is 17.3. The van der Waals surface area contributed by atoms with Gasteiger partial charge in [0.1, 0.15) is 6.04 Å². The van der Waals surface area contributed by atoms with E-state index in [0.717, 1.165) is 32.1 Å². The third kappa shape index (κ3) is 4.87. The number of hydrogen-bond acceptors (Lipinski definition) is 3. The molecule has 0 aromatic rings. The van der Waals surface area contributed by atoms with E-state index in [1.165, 1.54) is 19.3 Å². The Bertz CT molecular complexity index is 566. The SMILES string of the molecule is CC(C)C(NC(=O)C12CC3CC(CC(C3)C1)C2)C(=O)NCCCCCC(=O)O. The number of carboxylic acids is 1. The monoisotopic (exact) mass is 392 g/mol. The Balaban J connectivity index is 1.49. The van der Waals surface area contributed by atoms with Crippen LogP contribution in [-0.2, 0) is 14.4 Å². The van der Waals surface area contributed by atoms with Crippen LogP contribution in [-0.4, -0.2) is 35.5 Å². The fraction of sp³-hybridized carbons (Fsp3) is 0.864. The molecule has 0 aliphatic heterocycles. The lowest BCUT2D eigenvalue weighted by molar-refractivity contribution is -0.149. The van der Waals surface area contributed by atoms with Crippen LogP contribution >= 0.6 is 0 Å². The molecule has 0 aromatic heterocycles. The van der Waals surface area contributed by atoms with Gasteiger partial charge in [0.15, 0.2) is 0 Å². The smallest absolute Gasteiger partial charge is 0.303 e. The summed E-state index contributed by atoms with van der Waals surface area (Å²) in [5, 5.41) is 14.7. The van der Waals surface area contributed by atoms with Crippen LogP contribution in [0.4, 0.5) is 0 Å². The largest absolute Gasteiger partial charge is 0.481 e. The lowest BCUT2D eigenvalue weighted by Gasteiger charge is -2.55. The summed E-state index contributed by atoms with van der Waals surface area (Å²) >= 11 is 0. The molecule has 28 heavy (non-hydrogen) atoms. The number of hydrogen-bond donors (Lipinski definition) is 3. The Morgan fingerprint density at radius 3 is 2.04 bits per heavy atom. The van der Waals surface area contributed by atoms with Gasteiger partial charge in [-0.25, -0.2) is 0 Å². The van der Waals surface area contributed by atoms with E-state index in [1.807, 2.05) is 13.8 Å². The summed E-state index contributed by atoms with van der Waals surface area (Å²) in [4.78, 5) is 36.4. The normalized spacial score (nSPS) is 31.6. The predicted molar refractivity (Wildman–Crippen MR) is 106 cm³/mol. The van der Waals surface area contributed by atoms with Crippen molar-refractivity contribution in [3.05, 3.63) is 0 Å². The van der Waals surface area contributed by atoms with Gasteiger partial charge in [-0.05, 0) is 75.0 Å². The molecule has 158 valence electrons. The van der Waals surface area contributed by atoms with Gasteiger partial charge in [-0.2, -0.15) is 0 Å². The van der Waals surface area contributed by atoms with E-state index in [0.29, 0.717) is 30.7 Å². The molecule has 4 rings (SSSR count). The molecule has 0 spiro atoms. The van der Waals surface area contributed by atoms with E-state index in [4.69, 9.17) is 5.11 Å². The lowest BCUT2D eigenvalue weighted by Crippen LogP contribution is -2.58. The molecule has 2 amide bonds. The van der Waals surface area contributed by atoms with Crippen molar-refractivity contribution < 1.29 is 19.5 Å². The van der Waals surface area contributed by atoms with Crippen LogP contribution in [0.2, 0.25) is 0 Å². The van der Waals surface area contributed by atoms with E-state index in [1.54, 1.807) is 0 Å². The molecule has 1 unspecified atom stereocenters. The molecule has 0 heterocycles. The summed E-state index contributed by atoms with van der Waals surface area (Å²) in [6.07, 6.45) is 9.21. The van der Waals surface area contributed by atoms with E-state index in [9.17, 15) is 14.4 Å². The lowest BCUT2D eigenvalue weighted by atomic mass is 9.49. The third-order valence-corrected chi connectivity index (χ3v) is 7.12. The number of rotatable bonds is 10. The van der Waals surface area contributed by atoms with Gasteiger partial charge >= 0.3 is 5.97 Å². The molecule has 4 aliphatic carbocycles. The number of carboxylic acid groups (broad SMARTS) is 1. The van der Waals surface area contributed by atoms with Gasteiger partial charge < -0.3 is 15.7 Å². The number of carbonyl (C=O) groups excluding carboxylic acids is 2. The van der Waals surface area contributed by atoms with Crippen molar-refractivity contribution in [2.45, 2.75) is 84.1 Å². The van der Waals surface area contributed by atoms with E-state index < -0.39 is 12.0 Å². The predicted octanol–water partition coefficient (Wildman–Crippen LogP) is 3.10. The number of nitrogens with one attached hydrogen (secondary N) is 2. The van der Waals surface area contributed by atoms with Crippen LogP contribution in [0.5, 0.6) is 0 Å². The number of aliphatic carboxylic acids is 1. The van der Waals surface area contributed by atoms with Crippen LogP contribution in [0.3, 0.4) is 0 Å². The van der Waals surface area contributed by atoms with Crippen molar-refractivity contribution >= 4 is 17.8 Å². The van der Waals surface area contributed by atoms with Crippen molar-refractivity contribution in [2.24, 2.45) is 29.1 Å². The number of unbranched alkanes of at least 4 members (excludes halogenated alkanes) is 2. The molecule has 4 bridgehead atoms. The second kappa shape index (κ2) is 8.83. The van der Waals surface area contributed by atoms with Crippen molar-refractivity contribution in [1.29, 1.82) is 0 Å². The highest BCUT2D eigenvalue weighted by atomic mass is 16.4. The van der Waals surface area contributed by atoms with E-state index in [2.05, 4.69) is 10.6 Å². The zero-order valence-corrected chi connectivity index (χ0v) is 17.3. The molecule has 0 saturated heterocycles. The molecule has 4 fully saturated rings. The Kier molecular flexibility index (Phi) is 6.66. The van der Waals surface area contributed by atoms with Gasteiger partial charge in [0.25, 0.3) is 0 Å². The molecule has 0 radical (unpaired) electrons. The van der Waals surface area contributed by atoms with Gasteiger partial charge in [0.05, 0.1) is 0 Å². The molecule has 4 saturated carbocycles. The maximum absolute atomic E-state index is 13.2. The quantitative estimate of drug-likeness (QED) is 0.498. The molecule has 4 aliphatic rings. The summed E-state index contributed by atoms with van der Waals surface area (Å²) < 4.78 is 0. The summed E-state index contributed by atoms with van der Waals surface area (Å²) in [6.45, 7) is 4.46. The Hall–Kier alpha value is -1.59. The zero-order chi connectivity index (χ0) is 20.3. The van der Waals surface area contributed by atoms with Gasteiger partial charge in [0.2, 0.25) is 11.8 Å². The topological polar surface area (TPSA) is 95.5 Å². The van der Waals surface area contributed by atoms with Crippen LogP contribution in [0, 0.1) is 29.1 Å². The first kappa shape index (κ1) is 21.1. The Morgan fingerprint density at radius 1 is 0.964 bits per heavy atom. The minimum atomic E-state index is -0.781. The standard InChI is InChI=1S/C22H36N2O4/c1-14(2)19(20(27)23-7-5-3-4-6-18(25)26)24-21(28)22-11-15-8-16(12-22)10-17(9-15)13-22/h14-17,19H,3-13H2,1-2H3,(H,23,27)(H,24,28)(H,25,26). The van der Waals surface area contributed by atoms with Crippen LogP contribution in [0.25, 0.3) is 0 Å². The van der Waals surface area contributed by atoms with Crippen molar-refractivity contribution in [1.82, 2.24) is 10.6 Å². The highest BCUT2D eigenvalue weighted by Gasteiger charge is 2.55. The fourth-order valence-corrected chi connectivity index (χ4v) is 6.12. The summed E-state index contributed by atoms with van der Waals surface area (Å²) in [5.74, 6) is 1.34. The minimum Gasteiger partial charge on any atom is -0.481 e. The van der Waals surface area contributed by atoms with Gasteiger partial charge in [-0.3, -0.25) is 14.4 Å². The van der Waals surface area contributed by atoms with Gasteiger partial charge in [-0.15, -0.1) is 0 Å². The maximum Gasteiger partial charge on any atom is 0.303 e. The minimum absolute atomic E-state index is 0.0323. The maximum atomic E-state index is 13.2. The van der Waals surface area contributed by atoms with Crippen molar-refractivity contribution in [3.8, 4) is 0 Å². The second-order valence-electron chi connectivity index (χ2n) is 9.89. The second-order valence-corrected chi connectivity index (χ2v) is 9.89. The molecule has 6 nitrogen and oxygen atoms in total. The molecule has 1 atom stereocenters. The molecule has 6 heteroatoms. The average molecular weight is 393 g/mol. The highest BCUT2D eigenvalue weighted by molar-refractivity contribution is 5.90.